The third kappa shape index (κ3) is 52.9. The van der Waals surface area contributed by atoms with E-state index in [9.17, 15) is 17.6 Å². The van der Waals surface area contributed by atoms with Crippen molar-refractivity contribution in [1.29, 1.82) is 0 Å². The number of nitrogens with one attached hydrogen (secondary N) is 6. The SMILES string of the molecule is CC(C)(C)c1ccc(C(CF)NCCCN=C(N)N)cc1.CC(C)(C)c1ccc(CNC(CCN=C(N)N)C(F)F)cc1.CC(C)(C)c1ccc(CNC(CF)CCN=C(N)N)cc1.CC(CN=C(N)N)CNCc1ccc(C(C)(C)C)cc1.CC(CN=C(N)N)CNCc1ccc(C(C)(C)C)cc1.CC(NCCCN=C(N)N)c1ccc(C(C)(C)C)cc1. The molecule has 6 atom stereocenters. The number of aliphatic imine (C=N–C) groups is 6. The minimum atomic E-state index is -2.46. The standard InChI is InChI=1S/C16H26F2N4.2C16H27FN4.3C16H28N4/c1-16(2,3)12-6-4-11(5-7-12)10-22-13(14(17)18)8-9-21-15(19)20;1-16(2,3)13-7-5-12(6-8-13)14(11-17)20-9-4-10-21-15(18)19;1-16(2,3)13-6-4-12(5-7-13)11-21-14(10-17)8-9-20-15(18)19;1-12(19-10-5-11-20-15(17)18)13-6-8-14(9-7-13)16(2,3)4;2*1-12(10-20-15(17)18)9-19-11-13-5-7-14(8-6-13)16(2,3)4/h4-7,13-14,22H,8-10H2,1-3H3,(H4,19,20,21);5-8,14,20H,4,9-11H2,1-3H3,(H4,18,19,21);4-7,14,21H,8-11H2,1-3H3,(H4,18,19,20);6-9,12,19H,5,10-11H2,1-4H3,(H4,17,18,20);2*5-8,12,19H,9-11H2,1-4H3,(H4,17,18,20). The number of alkyl halides is 4. The summed E-state index contributed by atoms with van der Waals surface area (Å²) in [5, 5.41) is 19.6. The Morgan fingerprint density at radius 2 is 0.589 bits per heavy atom. The van der Waals surface area contributed by atoms with Gasteiger partial charge in [-0.1, -0.05) is 284 Å². The third-order valence-electron chi connectivity index (χ3n) is 20.0. The molecule has 6 unspecified atom stereocenters. The average molecular weight is 1730 g/mol. The molecular formula is C96H164F4N24. The zero-order chi connectivity index (χ0) is 94.0. The highest BCUT2D eigenvalue weighted by molar-refractivity contribution is 5.77. The number of rotatable bonds is 39. The normalized spacial score (nSPS) is 13.0. The molecule has 696 valence electrons. The monoisotopic (exact) mass is 1730 g/mol. The number of benzene rings is 6. The molecule has 6 aromatic carbocycles. The molecule has 30 N–H and O–H groups in total. The van der Waals surface area contributed by atoms with Crippen LogP contribution >= 0.6 is 0 Å². The minimum absolute atomic E-state index is 0.0466. The Balaban J connectivity index is 0.000000744. The van der Waals surface area contributed by atoms with Gasteiger partial charge in [0.2, 0.25) is 0 Å². The van der Waals surface area contributed by atoms with Crippen molar-refractivity contribution in [3.63, 3.8) is 0 Å². The van der Waals surface area contributed by atoms with E-state index in [4.69, 9.17) is 68.8 Å². The topological polar surface area (TPSA) is 459 Å². The van der Waals surface area contributed by atoms with Gasteiger partial charge in [-0.25, -0.2) is 17.6 Å². The highest BCUT2D eigenvalue weighted by Crippen LogP contribution is 2.29. The maximum atomic E-state index is 13.2. The molecule has 0 radical (unpaired) electrons. The van der Waals surface area contributed by atoms with Crippen LogP contribution in [0.4, 0.5) is 17.6 Å². The van der Waals surface area contributed by atoms with Crippen molar-refractivity contribution in [2.45, 2.75) is 260 Å². The van der Waals surface area contributed by atoms with Crippen LogP contribution in [-0.2, 0) is 58.7 Å². The fourth-order valence-electron chi connectivity index (χ4n) is 11.8. The molecule has 0 saturated carbocycles. The first-order valence-electron chi connectivity index (χ1n) is 43.4. The van der Waals surface area contributed by atoms with Gasteiger partial charge in [0.15, 0.2) is 35.8 Å². The van der Waals surface area contributed by atoms with Crippen molar-refractivity contribution in [3.8, 4) is 0 Å². The van der Waals surface area contributed by atoms with Crippen LogP contribution in [0.3, 0.4) is 0 Å². The first-order chi connectivity index (χ1) is 57.7. The lowest BCUT2D eigenvalue weighted by atomic mass is 9.86. The Morgan fingerprint density at radius 3 is 0.879 bits per heavy atom. The molecule has 6 rings (SSSR count). The first-order valence-corrected chi connectivity index (χ1v) is 43.4. The van der Waals surface area contributed by atoms with Gasteiger partial charge < -0.3 is 101 Å². The molecular weight excluding hydrogens is 1570 g/mol. The smallest absolute Gasteiger partial charge is 0.253 e. The second-order valence-electron chi connectivity index (χ2n) is 37.9. The maximum Gasteiger partial charge on any atom is 0.253 e. The predicted octanol–water partition coefficient (Wildman–Crippen LogP) is 13.0. The zero-order valence-electron chi connectivity index (χ0n) is 79.2. The minimum Gasteiger partial charge on any atom is -0.370 e. The van der Waals surface area contributed by atoms with Gasteiger partial charge in [-0.15, -0.1) is 0 Å². The first kappa shape index (κ1) is 112. The Bertz CT molecular complexity index is 3910. The Labute approximate surface area is 743 Å². The van der Waals surface area contributed by atoms with Crippen molar-refractivity contribution < 1.29 is 17.6 Å². The Kier molecular flexibility index (Phi) is 52.4. The Morgan fingerprint density at radius 1 is 0.315 bits per heavy atom. The fourth-order valence-corrected chi connectivity index (χ4v) is 11.8. The van der Waals surface area contributed by atoms with Crippen LogP contribution < -0.4 is 101 Å². The summed E-state index contributed by atoms with van der Waals surface area (Å²) in [5.41, 5.74) is 79.0. The highest BCUT2D eigenvalue weighted by Gasteiger charge is 2.22. The van der Waals surface area contributed by atoms with Crippen LogP contribution in [0, 0.1) is 11.8 Å². The zero-order valence-corrected chi connectivity index (χ0v) is 79.2. The molecule has 6 aromatic rings. The van der Waals surface area contributed by atoms with Crippen LogP contribution in [-0.4, -0.2) is 133 Å². The largest absolute Gasteiger partial charge is 0.370 e. The van der Waals surface area contributed by atoms with Crippen molar-refractivity contribution in [2.24, 2.45) is 111 Å². The molecule has 0 aliphatic carbocycles. The molecule has 28 heteroatoms. The molecule has 124 heavy (non-hydrogen) atoms. The number of hydrogen-bond acceptors (Lipinski definition) is 12. The summed E-state index contributed by atoms with van der Waals surface area (Å²) in [4.78, 5) is 23.5. The summed E-state index contributed by atoms with van der Waals surface area (Å²) in [6.07, 6.45) is 0.0176. The molecule has 0 aromatic heterocycles. The van der Waals surface area contributed by atoms with Crippen molar-refractivity contribution >= 4 is 35.8 Å². The molecule has 0 amide bonds. The highest BCUT2D eigenvalue weighted by atomic mass is 19.3. The van der Waals surface area contributed by atoms with Gasteiger partial charge >= 0.3 is 0 Å². The lowest BCUT2D eigenvalue weighted by Gasteiger charge is -2.21. The predicted molar refractivity (Wildman–Crippen MR) is 521 cm³/mol. The van der Waals surface area contributed by atoms with Crippen molar-refractivity contribution in [2.75, 3.05) is 78.8 Å². The van der Waals surface area contributed by atoms with E-state index < -0.39 is 25.8 Å². The van der Waals surface area contributed by atoms with E-state index in [1.165, 1.54) is 50.1 Å². The summed E-state index contributed by atoms with van der Waals surface area (Å²) in [5.74, 6) is 1.39. The summed E-state index contributed by atoms with van der Waals surface area (Å²) >= 11 is 0. The summed E-state index contributed by atoms with van der Waals surface area (Å²) in [6, 6.07) is 49.9. The number of hydrogen-bond donors (Lipinski definition) is 18. The maximum absolute atomic E-state index is 13.2. The second-order valence-corrected chi connectivity index (χ2v) is 37.9. The molecule has 0 spiro atoms. The molecule has 0 bridgehead atoms. The number of guanidine groups is 6. The van der Waals surface area contributed by atoms with Gasteiger partial charge in [0, 0.05) is 77.5 Å². The van der Waals surface area contributed by atoms with E-state index in [2.05, 4.69) is 316 Å². The molecule has 0 aliphatic rings. The van der Waals surface area contributed by atoms with Crippen molar-refractivity contribution in [3.05, 3.63) is 212 Å². The third-order valence-corrected chi connectivity index (χ3v) is 20.0. The molecule has 24 nitrogen and oxygen atoms in total. The summed E-state index contributed by atoms with van der Waals surface area (Å²) in [7, 11) is 0. The Hall–Kier alpha value is -9.58. The fraction of sp³-hybridized carbons (Fsp3) is 0.562. The lowest BCUT2D eigenvalue weighted by molar-refractivity contribution is 0.0943. The quantitative estimate of drug-likeness (QED) is 0.00737. The van der Waals surface area contributed by atoms with Crippen LogP contribution in [0.25, 0.3) is 0 Å². The summed E-state index contributed by atoms with van der Waals surface area (Å²) < 4.78 is 52.1. The van der Waals surface area contributed by atoms with E-state index in [0.29, 0.717) is 76.7 Å². The molecule has 0 fully saturated rings. The summed E-state index contributed by atoms with van der Waals surface area (Å²) in [6.45, 7) is 54.4. The van der Waals surface area contributed by atoms with Crippen LogP contribution in [0.1, 0.15) is 250 Å². The molecule has 0 saturated heterocycles. The van der Waals surface area contributed by atoms with Crippen LogP contribution in [0.5, 0.6) is 0 Å². The molecule has 0 heterocycles. The van der Waals surface area contributed by atoms with Gasteiger partial charge in [0.1, 0.15) is 13.3 Å². The average Bonchev–Trinajstić information content (AvgIpc) is 0.863. The van der Waals surface area contributed by atoms with Gasteiger partial charge in [-0.05, 0) is 170 Å². The van der Waals surface area contributed by atoms with E-state index in [-0.39, 0.29) is 93.3 Å². The van der Waals surface area contributed by atoms with E-state index in [1.807, 2.05) is 36.4 Å². The van der Waals surface area contributed by atoms with E-state index in [0.717, 1.165) is 62.3 Å². The second kappa shape index (κ2) is 57.8. The van der Waals surface area contributed by atoms with Crippen LogP contribution in [0.2, 0.25) is 0 Å². The number of nitrogens with two attached hydrogens (primary N) is 12. The van der Waals surface area contributed by atoms with E-state index >= 15 is 0 Å². The lowest BCUT2D eigenvalue weighted by Crippen LogP contribution is -2.36. The molecule has 0 aliphatic heterocycles. The van der Waals surface area contributed by atoms with Gasteiger partial charge in [-0.3, -0.25) is 30.0 Å². The number of nitrogens with zero attached hydrogens (tertiary/aromatic N) is 6. The van der Waals surface area contributed by atoms with Crippen molar-refractivity contribution in [1.82, 2.24) is 31.9 Å². The van der Waals surface area contributed by atoms with Gasteiger partial charge in [0.05, 0.1) is 12.1 Å². The van der Waals surface area contributed by atoms with Gasteiger partial charge in [-0.2, -0.15) is 0 Å². The number of halogens is 4. The van der Waals surface area contributed by atoms with E-state index in [1.54, 1.807) is 0 Å². The van der Waals surface area contributed by atoms with Gasteiger partial charge in [0.25, 0.3) is 6.43 Å². The van der Waals surface area contributed by atoms with Crippen LogP contribution in [0.15, 0.2) is 176 Å².